The Balaban J connectivity index is 1.97. The molecule has 0 bridgehead atoms. The van der Waals surface area contributed by atoms with Crippen molar-refractivity contribution in [2.24, 2.45) is 0 Å². The molecular weight excluding hydrogens is 284 g/mol. The molecule has 2 rings (SSSR count). The highest BCUT2D eigenvalue weighted by molar-refractivity contribution is 7.17. The third-order valence-electron chi connectivity index (χ3n) is 3.75. The van der Waals surface area contributed by atoms with E-state index < -0.39 is 0 Å². The van der Waals surface area contributed by atoms with Crippen LogP contribution in [0.3, 0.4) is 0 Å². The van der Waals surface area contributed by atoms with E-state index in [9.17, 15) is 4.79 Å². The molecule has 1 aromatic heterocycles. The van der Waals surface area contributed by atoms with E-state index in [-0.39, 0.29) is 11.4 Å². The van der Waals surface area contributed by atoms with Crippen molar-refractivity contribution in [3.8, 4) is 0 Å². The number of rotatable bonds is 4. The monoisotopic (exact) mass is 302 g/mol. The zero-order chi connectivity index (χ0) is 13.9. The summed E-state index contributed by atoms with van der Waals surface area (Å²) in [5, 5.41) is 3.02. The number of carbonyl (C=O) groups excluding carboxylic acids is 1. The zero-order valence-corrected chi connectivity index (χ0v) is 12.8. The second-order valence-corrected chi connectivity index (χ2v) is 6.73. The van der Waals surface area contributed by atoms with Gasteiger partial charge in [-0.15, -0.1) is 11.3 Å². The van der Waals surface area contributed by atoms with Crippen LogP contribution in [0, 0.1) is 0 Å². The molecule has 1 aliphatic rings. The van der Waals surface area contributed by atoms with Crippen LogP contribution in [0.1, 0.15) is 22.5 Å². The number of thiophene rings is 1. The minimum absolute atomic E-state index is 0.00500. The van der Waals surface area contributed by atoms with Crippen LogP contribution in [0.25, 0.3) is 0 Å². The van der Waals surface area contributed by atoms with Crippen LogP contribution in [0.15, 0.2) is 12.1 Å². The first-order valence-electron chi connectivity index (χ1n) is 6.32. The van der Waals surface area contributed by atoms with Gasteiger partial charge >= 0.3 is 0 Å². The third-order valence-corrected chi connectivity index (χ3v) is 4.98. The summed E-state index contributed by atoms with van der Waals surface area (Å²) in [6.07, 6.45) is 1.87. The quantitative estimate of drug-likeness (QED) is 0.927. The molecular formula is C13H19ClN2O2S. The van der Waals surface area contributed by atoms with Crippen LogP contribution in [-0.4, -0.2) is 50.2 Å². The lowest BCUT2D eigenvalue weighted by atomic mass is 9.88. The van der Waals surface area contributed by atoms with Gasteiger partial charge in [-0.1, -0.05) is 11.6 Å². The first kappa shape index (κ1) is 14.8. The highest BCUT2D eigenvalue weighted by Gasteiger charge is 2.35. The summed E-state index contributed by atoms with van der Waals surface area (Å²) in [5.41, 5.74) is -0.00500. The standard InChI is InChI=1S/C13H19ClN2O2S/c1-16(2)13(5-7-18-8-6-13)9-15-12(17)10-3-4-11(14)19-10/h3-4H,5-9H2,1-2H3,(H,15,17). The minimum Gasteiger partial charge on any atom is -0.381 e. The van der Waals surface area contributed by atoms with Gasteiger partial charge in [0, 0.05) is 25.3 Å². The van der Waals surface area contributed by atoms with E-state index >= 15 is 0 Å². The predicted molar refractivity (Wildman–Crippen MR) is 78.1 cm³/mol. The van der Waals surface area contributed by atoms with E-state index in [2.05, 4.69) is 24.3 Å². The van der Waals surface area contributed by atoms with Crippen molar-refractivity contribution < 1.29 is 9.53 Å². The SMILES string of the molecule is CN(C)C1(CNC(=O)c2ccc(Cl)s2)CCOCC1. The fraction of sp³-hybridized carbons (Fsp3) is 0.615. The lowest BCUT2D eigenvalue weighted by molar-refractivity contribution is -0.00656. The number of likely N-dealkylation sites (N-methyl/N-ethyl adjacent to an activating group) is 1. The Kier molecular flexibility index (Phi) is 4.84. The second kappa shape index (κ2) is 6.22. The molecule has 1 N–H and O–H groups in total. The Morgan fingerprint density at radius 3 is 2.68 bits per heavy atom. The Morgan fingerprint density at radius 2 is 2.16 bits per heavy atom. The summed E-state index contributed by atoms with van der Waals surface area (Å²) < 4.78 is 6.05. The maximum atomic E-state index is 12.1. The van der Waals surface area contributed by atoms with Gasteiger partial charge in [0.05, 0.1) is 9.21 Å². The molecule has 0 spiro atoms. The van der Waals surface area contributed by atoms with E-state index in [1.54, 1.807) is 12.1 Å². The first-order valence-corrected chi connectivity index (χ1v) is 7.52. The molecule has 1 aliphatic heterocycles. The molecule has 1 amide bonds. The fourth-order valence-electron chi connectivity index (χ4n) is 2.30. The second-order valence-electron chi connectivity index (χ2n) is 5.02. The normalized spacial score (nSPS) is 18.5. The van der Waals surface area contributed by atoms with Crippen molar-refractivity contribution in [2.75, 3.05) is 33.9 Å². The van der Waals surface area contributed by atoms with Gasteiger partial charge in [-0.25, -0.2) is 0 Å². The first-order chi connectivity index (χ1) is 9.03. The number of hydrogen-bond acceptors (Lipinski definition) is 4. The summed E-state index contributed by atoms with van der Waals surface area (Å²) in [4.78, 5) is 14.9. The van der Waals surface area contributed by atoms with E-state index in [1.165, 1.54) is 11.3 Å². The van der Waals surface area contributed by atoms with E-state index in [0.29, 0.717) is 15.8 Å². The molecule has 106 valence electrons. The molecule has 1 fully saturated rings. The van der Waals surface area contributed by atoms with Gasteiger partial charge in [-0.3, -0.25) is 4.79 Å². The van der Waals surface area contributed by atoms with Gasteiger partial charge in [-0.05, 0) is 39.1 Å². The predicted octanol–water partition coefficient (Wildman–Crippen LogP) is 2.24. The Morgan fingerprint density at radius 1 is 1.47 bits per heavy atom. The molecule has 0 aliphatic carbocycles. The van der Waals surface area contributed by atoms with Crippen molar-refractivity contribution in [2.45, 2.75) is 18.4 Å². The van der Waals surface area contributed by atoms with Crippen LogP contribution < -0.4 is 5.32 Å². The van der Waals surface area contributed by atoms with Gasteiger partial charge in [0.2, 0.25) is 0 Å². The van der Waals surface area contributed by atoms with Crippen molar-refractivity contribution in [1.82, 2.24) is 10.2 Å². The summed E-state index contributed by atoms with van der Waals surface area (Å²) in [6, 6.07) is 3.51. The van der Waals surface area contributed by atoms with E-state index in [1.807, 2.05) is 0 Å². The van der Waals surface area contributed by atoms with Crippen molar-refractivity contribution >= 4 is 28.8 Å². The molecule has 4 nitrogen and oxygen atoms in total. The molecule has 1 saturated heterocycles. The number of nitrogens with zero attached hydrogens (tertiary/aromatic N) is 1. The van der Waals surface area contributed by atoms with Crippen molar-refractivity contribution in [3.63, 3.8) is 0 Å². The molecule has 2 heterocycles. The fourth-order valence-corrected chi connectivity index (χ4v) is 3.26. The molecule has 0 unspecified atom stereocenters. The van der Waals surface area contributed by atoms with Crippen LogP contribution in [0.5, 0.6) is 0 Å². The summed E-state index contributed by atoms with van der Waals surface area (Å²) in [5.74, 6) is -0.0513. The molecule has 19 heavy (non-hydrogen) atoms. The Hall–Kier alpha value is -0.620. The van der Waals surface area contributed by atoms with Crippen molar-refractivity contribution in [1.29, 1.82) is 0 Å². The smallest absolute Gasteiger partial charge is 0.261 e. The summed E-state index contributed by atoms with van der Waals surface area (Å²) in [6.45, 7) is 2.13. The maximum absolute atomic E-state index is 12.1. The Labute approximate surface area is 122 Å². The molecule has 0 saturated carbocycles. The van der Waals surface area contributed by atoms with E-state index in [4.69, 9.17) is 16.3 Å². The van der Waals surface area contributed by atoms with Gasteiger partial charge in [-0.2, -0.15) is 0 Å². The number of carbonyl (C=O) groups is 1. The zero-order valence-electron chi connectivity index (χ0n) is 11.2. The summed E-state index contributed by atoms with van der Waals surface area (Å²) in [7, 11) is 4.11. The van der Waals surface area contributed by atoms with Gasteiger partial charge < -0.3 is 15.0 Å². The molecule has 0 atom stereocenters. The average Bonchev–Trinajstić information content (AvgIpc) is 2.83. The van der Waals surface area contributed by atoms with Crippen LogP contribution in [-0.2, 0) is 4.74 Å². The number of hydrogen-bond donors (Lipinski definition) is 1. The average molecular weight is 303 g/mol. The number of nitrogens with one attached hydrogen (secondary N) is 1. The van der Waals surface area contributed by atoms with Gasteiger partial charge in [0.1, 0.15) is 0 Å². The summed E-state index contributed by atoms with van der Waals surface area (Å²) >= 11 is 7.15. The topological polar surface area (TPSA) is 41.6 Å². The molecule has 0 radical (unpaired) electrons. The number of halogens is 1. The molecule has 1 aromatic rings. The van der Waals surface area contributed by atoms with E-state index in [0.717, 1.165) is 26.1 Å². The highest BCUT2D eigenvalue weighted by atomic mass is 35.5. The highest BCUT2D eigenvalue weighted by Crippen LogP contribution is 2.26. The van der Waals surface area contributed by atoms with Gasteiger partial charge in [0.25, 0.3) is 5.91 Å². The van der Waals surface area contributed by atoms with Crippen molar-refractivity contribution in [3.05, 3.63) is 21.3 Å². The largest absolute Gasteiger partial charge is 0.381 e. The third kappa shape index (κ3) is 3.48. The molecule has 0 aromatic carbocycles. The Bertz CT molecular complexity index is 442. The minimum atomic E-state index is -0.0513. The number of amides is 1. The van der Waals surface area contributed by atoms with Crippen LogP contribution >= 0.6 is 22.9 Å². The van der Waals surface area contributed by atoms with Gasteiger partial charge in [0.15, 0.2) is 0 Å². The number of ether oxygens (including phenoxy) is 1. The lowest BCUT2D eigenvalue weighted by Crippen LogP contribution is -2.55. The maximum Gasteiger partial charge on any atom is 0.261 e. The molecule has 6 heteroatoms. The van der Waals surface area contributed by atoms with Crippen LogP contribution in [0.4, 0.5) is 0 Å². The lowest BCUT2D eigenvalue weighted by Gasteiger charge is -2.42. The van der Waals surface area contributed by atoms with Crippen LogP contribution in [0.2, 0.25) is 4.34 Å².